The Morgan fingerprint density at radius 1 is 1.28 bits per heavy atom. The number of amides is 1. The van der Waals surface area contributed by atoms with Gasteiger partial charge in [0.15, 0.2) is 0 Å². The molecule has 0 aromatic carbocycles. The fourth-order valence-electron chi connectivity index (χ4n) is 3.24. The van der Waals surface area contributed by atoms with E-state index in [0.717, 1.165) is 37.6 Å². The molecule has 2 fully saturated rings. The van der Waals surface area contributed by atoms with Gasteiger partial charge in [0.25, 0.3) is 5.91 Å². The van der Waals surface area contributed by atoms with E-state index in [0.29, 0.717) is 37.3 Å². The summed E-state index contributed by atoms with van der Waals surface area (Å²) in [7, 11) is 1.95. The molecule has 0 bridgehead atoms. The molecule has 4 rings (SSSR count). The molecule has 0 unspecified atom stereocenters. The van der Waals surface area contributed by atoms with Gasteiger partial charge in [-0.25, -0.2) is 4.98 Å². The smallest absolute Gasteiger partial charge is 0.270 e. The zero-order valence-electron chi connectivity index (χ0n) is 16.9. The lowest BCUT2D eigenvalue weighted by Gasteiger charge is -2.29. The number of morpholine rings is 1. The van der Waals surface area contributed by atoms with Gasteiger partial charge in [0.1, 0.15) is 11.5 Å². The molecule has 3 heterocycles. The van der Waals surface area contributed by atoms with Crippen LogP contribution in [0.3, 0.4) is 0 Å². The van der Waals surface area contributed by atoms with Crippen molar-refractivity contribution in [2.45, 2.75) is 19.3 Å². The van der Waals surface area contributed by atoms with Gasteiger partial charge in [-0.05, 0) is 30.9 Å². The number of carbonyl (C=O) groups excluding carboxylic acids is 1. The van der Waals surface area contributed by atoms with Gasteiger partial charge in [-0.3, -0.25) is 9.78 Å². The third kappa shape index (κ3) is 5.41. The van der Waals surface area contributed by atoms with E-state index in [-0.39, 0.29) is 5.91 Å². The molecule has 29 heavy (non-hydrogen) atoms. The van der Waals surface area contributed by atoms with Crippen LogP contribution in [0.5, 0.6) is 0 Å². The summed E-state index contributed by atoms with van der Waals surface area (Å²) in [6.07, 6.45) is 4.98. The molecule has 1 N–H and O–H groups in total. The SMILES string of the molecule is CN(CCc1ccccn1)c1nc(C(=O)NCC2CC2)cc(N2CCOCC2)n1. The van der Waals surface area contributed by atoms with Crippen molar-refractivity contribution in [1.82, 2.24) is 20.3 Å². The van der Waals surface area contributed by atoms with E-state index >= 15 is 0 Å². The highest BCUT2D eigenvalue weighted by atomic mass is 16.5. The number of nitrogens with one attached hydrogen (secondary N) is 1. The van der Waals surface area contributed by atoms with Gasteiger partial charge in [-0.2, -0.15) is 4.98 Å². The van der Waals surface area contributed by atoms with E-state index in [2.05, 4.69) is 20.2 Å². The standard InChI is InChI=1S/C21H28N6O2/c1-26(9-7-17-4-2-3-8-22-17)21-24-18(20(28)23-15-16-5-6-16)14-19(25-21)27-10-12-29-13-11-27/h2-4,8,14,16H,5-7,9-13,15H2,1H3,(H,23,28). The molecular formula is C21H28N6O2. The van der Waals surface area contributed by atoms with Gasteiger partial charge < -0.3 is 19.9 Å². The molecule has 8 heteroatoms. The number of ether oxygens (including phenoxy) is 1. The van der Waals surface area contributed by atoms with Crippen LogP contribution < -0.4 is 15.1 Å². The summed E-state index contributed by atoms with van der Waals surface area (Å²) in [6.45, 7) is 4.29. The number of anilines is 2. The van der Waals surface area contributed by atoms with Crippen LogP contribution in [-0.4, -0.2) is 67.3 Å². The fourth-order valence-corrected chi connectivity index (χ4v) is 3.24. The topological polar surface area (TPSA) is 83.5 Å². The molecule has 1 aliphatic carbocycles. The highest BCUT2D eigenvalue weighted by molar-refractivity contribution is 5.93. The summed E-state index contributed by atoms with van der Waals surface area (Å²) in [4.78, 5) is 30.5. The molecule has 0 atom stereocenters. The van der Waals surface area contributed by atoms with Crippen molar-refractivity contribution in [3.63, 3.8) is 0 Å². The van der Waals surface area contributed by atoms with Crippen molar-refractivity contribution in [3.8, 4) is 0 Å². The lowest BCUT2D eigenvalue weighted by Crippen LogP contribution is -2.37. The number of carbonyl (C=O) groups is 1. The number of rotatable bonds is 8. The Morgan fingerprint density at radius 2 is 2.10 bits per heavy atom. The Bertz CT molecular complexity index is 821. The van der Waals surface area contributed by atoms with Crippen LogP contribution >= 0.6 is 0 Å². The summed E-state index contributed by atoms with van der Waals surface area (Å²) in [6, 6.07) is 7.70. The van der Waals surface area contributed by atoms with Crippen molar-refractivity contribution in [1.29, 1.82) is 0 Å². The van der Waals surface area contributed by atoms with Crippen molar-refractivity contribution < 1.29 is 9.53 Å². The fraction of sp³-hybridized carbons (Fsp3) is 0.524. The van der Waals surface area contributed by atoms with Gasteiger partial charge in [0.05, 0.1) is 13.2 Å². The maximum absolute atomic E-state index is 12.7. The predicted molar refractivity (Wildman–Crippen MR) is 111 cm³/mol. The van der Waals surface area contributed by atoms with Gasteiger partial charge in [-0.15, -0.1) is 0 Å². The molecule has 154 valence electrons. The van der Waals surface area contributed by atoms with Crippen LogP contribution in [0.25, 0.3) is 0 Å². The number of nitrogens with zero attached hydrogens (tertiary/aromatic N) is 5. The van der Waals surface area contributed by atoms with E-state index in [4.69, 9.17) is 9.72 Å². The zero-order valence-corrected chi connectivity index (χ0v) is 16.9. The molecule has 1 saturated carbocycles. The molecule has 1 aliphatic heterocycles. The number of likely N-dealkylation sites (N-methyl/N-ethyl adjacent to an activating group) is 1. The highest BCUT2D eigenvalue weighted by Crippen LogP contribution is 2.27. The monoisotopic (exact) mass is 396 g/mol. The second-order valence-electron chi connectivity index (χ2n) is 7.66. The third-order valence-corrected chi connectivity index (χ3v) is 5.29. The van der Waals surface area contributed by atoms with Crippen LogP contribution in [0.2, 0.25) is 0 Å². The first kappa shape index (κ1) is 19.6. The number of hydrogen-bond acceptors (Lipinski definition) is 7. The maximum atomic E-state index is 12.7. The van der Waals surface area contributed by atoms with E-state index < -0.39 is 0 Å². The lowest BCUT2D eigenvalue weighted by molar-refractivity contribution is 0.0946. The van der Waals surface area contributed by atoms with Gasteiger partial charge in [-0.1, -0.05) is 6.07 Å². The lowest BCUT2D eigenvalue weighted by atomic mass is 10.2. The van der Waals surface area contributed by atoms with E-state index in [9.17, 15) is 4.79 Å². The second kappa shape index (κ2) is 9.17. The van der Waals surface area contributed by atoms with Crippen LogP contribution in [0.1, 0.15) is 29.0 Å². The molecule has 2 aliphatic rings. The first-order valence-electron chi connectivity index (χ1n) is 10.3. The average molecular weight is 396 g/mol. The first-order valence-corrected chi connectivity index (χ1v) is 10.3. The van der Waals surface area contributed by atoms with Crippen LogP contribution in [0.4, 0.5) is 11.8 Å². The Balaban J connectivity index is 1.51. The highest BCUT2D eigenvalue weighted by Gasteiger charge is 2.23. The molecule has 0 spiro atoms. The normalized spacial score (nSPS) is 16.5. The van der Waals surface area contributed by atoms with Gasteiger partial charge in [0, 0.05) is 57.6 Å². The Morgan fingerprint density at radius 3 is 2.83 bits per heavy atom. The van der Waals surface area contributed by atoms with Crippen molar-refractivity contribution in [2.24, 2.45) is 5.92 Å². The molecule has 2 aromatic rings. The van der Waals surface area contributed by atoms with Gasteiger partial charge >= 0.3 is 0 Å². The van der Waals surface area contributed by atoms with Crippen molar-refractivity contribution in [2.75, 3.05) is 56.2 Å². The minimum Gasteiger partial charge on any atom is -0.378 e. The molecule has 2 aromatic heterocycles. The molecule has 8 nitrogen and oxygen atoms in total. The van der Waals surface area contributed by atoms with E-state index in [1.165, 1.54) is 12.8 Å². The van der Waals surface area contributed by atoms with Crippen LogP contribution in [0.15, 0.2) is 30.5 Å². The number of aromatic nitrogens is 3. The molecule has 0 radical (unpaired) electrons. The second-order valence-corrected chi connectivity index (χ2v) is 7.66. The van der Waals surface area contributed by atoms with Crippen LogP contribution in [-0.2, 0) is 11.2 Å². The van der Waals surface area contributed by atoms with E-state index in [1.807, 2.05) is 30.1 Å². The summed E-state index contributed by atoms with van der Waals surface area (Å²) in [5, 5.41) is 3.01. The van der Waals surface area contributed by atoms with E-state index in [1.54, 1.807) is 12.3 Å². The number of hydrogen-bond donors (Lipinski definition) is 1. The minimum atomic E-state index is -0.131. The van der Waals surface area contributed by atoms with Gasteiger partial charge in [0.2, 0.25) is 5.95 Å². The summed E-state index contributed by atoms with van der Waals surface area (Å²) < 4.78 is 5.45. The Hall–Kier alpha value is -2.74. The Labute approximate surface area is 171 Å². The molecule has 1 saturated heterocycles. The first-order chi connectivity index (χ1) is 14.2. The molecule has 1 amide bonds. The average Bonchev–Trinajstić information content (AvgIpc) is 3.61. The Kier molecular flexibility index (Phi) is 6.19. The third-order valence-electron chi connectivity index (χ3n) is 5.29. The van der Waals surface area contributed by atoms with Crippen molar-refractivity contribution in [3.05, 3.63) is 41.9 Å². The minimum absolute atomic E-state index is 0.131. The predicted octanol–water partition coefficient (Wildman–Crippen LogP) is 1.53. The maximum Gasteiger partial charge on any atom is 0.270 e. The zero-order chi connectivity index (χ0) is 20.1. The van der Waals surface area contributed by atoms with Crippen molar-refractivity contribution >= 4 is 17.7 Å². The van der Waals surface area contributed by atoms with Crippen LogP contribution in [0, 0.1) is 5.92 Å². The summed E-state index contributed by atoms with van der Waals surface area (Å²) in [5.74, 6) is 1.83. The quantitative estimate of drug-likeness (QED) is 0.724. The largest absolute Gasteiger partial charge is 0.378 e. The summed E-state index contributed by atoms with van der Waals surface area (Å²) in [5.41, 5.74) is 1.44. The number of pyridine rings is 1. The molecular weight excluding hydrogens is 368 g/mol. The summed E-state index contributed by atoms with van der Waals surface area (Å²) >= 11 is 0.